The quantitative estimate of drug-likeness (QED) is 0.185. The summed E-state index contributed by atoms with van der Waals surface area (Å²) in [5, 5.41) is 0.140. The highest BCUT2D eigenvalue weighted by Gasteiger charge is 2.39. The molecule has 13 heteroatoms. The van der Waals surface area contributed by atoms with Gasteiger partial charge in [0.15, 0.2) is 0 Å². The van der Waals surface area contributed by atoms with Gasteiger partial charge in [-0.3, -0.25) is 9.36 Å². The van der Waals surface area contributed by atoms with Crippen LogP contribution in [0.1, 0.15) is 50.2 Å². The van der Waals surface area contributed by atoms with Crippen LogP contribution in [0.5, 0.6) is 0 Å². The molecule has 246 valence electrons. The van der Waals surface area contributed by atoms with Crippen molar-refractivity contribution >= 4 is 33.5 Å². The van der Waals surface area contributed by atoms with Crippen LogP contribution in [0.4, 0.5) is 32.2 Å². The number of anilines is 1. The predicted octanol–water partition coefficient (Wildman–Crippen LogP) is 7.03. The summed E-state index contributed by atoms with van der Waals surface area (Å²) in [7, 11) is -1.61. The van der Waals surface area contributed by atoms with Crippen molar-refractivity contribution in [2.75, 3.05) is 23.7 Å². The van der Waals surface area contributed by atoms with Gasteiger partial charge in [0.1, 0.15) is 11.6 Å². The van der Waals surface area contributed by atoms with Crippen LogP contribution in [0.15, 0.2) is 69.7 Å². The molecule has 1 saturated heterocycles. The average molecular weight is 665 g/mol. The van der Waals surface area contributed by atoms with Crippen LogP contribution in [-0.4, -0.2) is 57.2 Å². The highest BCUT2D eigenvalue weighted by Crippen LogP contribution is 2.56. The van der Waals surface area contributed by atoms with E-state index in [9.17, 15) is 35.9 Å². The van der Waals surface area contributed by atoms with Gasteiger partial charge >= 0.3 is 11.9 Å². The number of benzene rings is 2. The first-order valence-electron chi connectivity index (χ1n) is 15.1. The summed E-state index contributed by atoms with van der Waals surface area (Å²) in [6.07, 6.45) is -2.98. The summed E-state index contributed by atoms with van der Waals surface area (Å²) in [6.45, 7) is 7.70. The number of hydrogen-bond donors (Lipinski definition) is 1. The van der Waals surface area contributed by atoms with E-state index in [-0.39, 0.29) is 55.3 Å². The molecule has 6 rings (SSSR count). The number of hydrogen-bond acceptors (Lipinski definition) is 4. The molecule has 0 bridgehead atoms. The standard InChI is InChI=1S/C33H34F6N4O2S/c1-4-28(44)43-19(2)15-41(16-20(43)3)30-26-13-23(33(37,38)39)14-27-29(26)42(31(45)40-30)17-22(21-5-7-24(34)8-6-21)18-46(27)25-9-11-32(35,36)12-10-25/h4-9,13-14,19-20,22,46H,1,10-12,15-18H2,2-3H3/t19-,20+,22-/m0/s1. The van der Waals surface area contributed by atoms with Gasteiger partial charge in [-0.15, -0.1) is 0 Å². The summed E-state index contributed by atoms with van der Waals surface area (Å²) >= 11 is 0. The van der Waals surface area contributed by atoms with Crippen LogP contribution in [0, 0.1) is 5.82 Å². The number of carbonyl (C=O) groups is 1. The first-order chi connectivity index (χ1) is 21.7. The van der Waals surface area contributed by atoms with Gasteiger partial charge in [0.25, 0.3) is 5.92 Å². The Bertz CT molecular complexity index is 1780. The molecule has 1 aromatic heterocycles. The fraction of sp³-hybridized carbons (Fsp3) is 0.424. The molecule has 1 unspecified atom stereocenters. The zero-order valence-corrected chi connectivity index (χ0v) is 26.2. The molecule has 2 aromatic carbocycles. The Hall–Kier alpha value is -3.74. The van der Waals surface area contributed by atoms with Crippen molar-refractivity contribution in [3.8, 4) is 0 Å². The van der Waals surface area contributed by atoms with Crippen molar-refractivity contribution in [3.05, 3.63) is 87.5 Å². The number of thiol groups is 1. The molecule has 6 nitrogen and oxygen atoms in total. The van der Waals surface area contributed by atoms with Gasteiger partial charge in [0.05, 0.1) is 11.1 Å². The smallest absolute Gasteiger partial charge is 0.352 e. The number of rotatable bonds is 4. The molecule has 2 aliphatic heterocycles. The lowest BCUT2D eigenvalue weighted by molar-refractivity contribution is -0.137. The topological polar surface area (TPSA) is 58.4 Å². The van der Waals surface area contributed by atoms with Gasteiger partial charge < -0.3 is 9.80 Å². The summed E-state index contributed by atoms with van der Waals surface area (Å²) in [6, 6.07) is 7.12. The van der Waals surface area contributed by atoms with E-state index in [0.717, 1.165) is 12.1 Å². The zero-order chi connectivity index (χ0) is 33.1. The van der Waals surface area contributed by atoms with E-state index in [2.05, 4.69) is 11.6 Å². The lowest BCUT2D eigenvalue weighted by atomic mass is 10.0. The van der Waals surface area contributed by atoms with Gasteiger partial charge in [-0.25, -0.2) is 28.9 Å². The van der Waals surface area contributed by atoms with Crippen molar-refractivity contribution in [2.24, 2.45) is 0 Å². The Morgan fingerprint density at radius 3 is 2.35 bits per heavy atom. The Labute approximate surface area is 264 Å². The fourth-order valence-corrected chi connectivity index (χ4v) is 10.0. The Morgan fingerprint density at radius 1 is 1.09 bits per heavy atom. The second-order valence-electron chi connectivity index (χ2n) is 12.4. The van der Waals surface area contributed by atoms with E-state index in [1.54, 1.807) is 21.9 Å². The number of amides is 1. The van der Waals surface area contributed by atoms with Gasteiger partial charge in [-0.2, -0.15) is 18.2 Å². The van der Waals surface area contributed by atoms with Gasteiger partial charge in [-0.05, 0) is 66.8 Å². The van der Waals surface area contributed by atoms with E-state index < -0.39 is 58.8 Å². The van der Waals surface area contributed by atoms with Crippen LogP contribution in [0.3, 0.4) is 0 Å². The largest absolute Gasteiger partial charge is 0.416 e. The molecular weight excluding hydrogens is 630 g/mol. The van der Waals surface area contributed by atoms with E-state index in [1.165, 1.54) is 28.9 Å². The maximum absolute atomic E-state index is 14.6. The molecule has 1 aliphatic carbocycles. The van der Waals surface area contributed by atoms with Crippen LogP contribution in [-0.2, 0) is 17.5 Å². The Kier molecular flexibility index (Phi) is 8.27. The first kappa shape index (κ1) is 32.2. The minimum Gasteiger partial charge on any atom is -0.352 e. The maximum atomic E-state index is 14.6. The third-order valence-electron chi connectivity index (χ3n) is 9.18. The molecule has 0 saturated carbocycles. The molecule has 46 heavy (non-hydrogen) atoms. The molecule has 3 aliphatic rings. The molecule has 0 N–H and O–H groups in total. The van der Waals surface area contributed by atoms with Crippen molar-refractivity contribution in [1.82, 2.24) is 14.5 Å². The maximum Gasteiger partial charge on any atom is 0.416 e. The summed E-state index contributed by atoms with van der Waals surface area (Å²) in [4.78, 5) is 35.1. The van der Waals surface area contributed by atoms with Crippen LogP contribution in [0.2, 0.25) is 0 Å². The normalized spacial score (nSPS) is 25.6. The van der Waals surface area contributed by atoms with Crippen molar-refractivity contribution in [3.63, 3.8) is 0 Å². The average Bonchev–Trinajstić information content (AvgIpc) is 3.16. The molecule has 3 aromatic rings. The minimum absolute atomic E-state index is 0.0169. The minimum atomic E-state index is -4.74. The fourth-order valence-electron chi connectivity index (χ4n) is 7.04. The van der Waals surface area contributed by atoms with Crippen molar-refractivity contribution < 1.29 is 31.1 Å². The van der Waals surface area contributed by atoms with E-state index >= 15 is 0 Å². The third kappa shape index (κ3) is 5.93. The Morgan fingerprint density at radius 2 is 1.76 bits per heavy atom. The second kappa shape index (κ2) is 11.8. The molecule has 0 radical (unpaired) electrons. The lowest BCUT2D eigenvalue weighted by Gasteiger charge is -2.44. The number of allylic oxidation sites excluding steroid dienone is 2. The van der Waals surface area contributed by atoms with Crippen molar-refractivity contribution in [2.45, 2.75) is 74.7 Å². The predicted molar refractivity (Wildman–Crippen MR) is 167 cm³/mol. The molecule has 0 spiro atoms. The highest BCUT2D eigenvalue weighted by molar-refractivity contribution is 8.20. The van der Waals surface area contributed by atoms with Gasteiger partial charge in [-0.1, -0.05) is 24.8 Å². The highest BCUT2D eigenvalue weighted by atomic mass is 32.2. The molecular formula is C33H34F6N4O2S. The number of piperazine rings is 1. The number of alkyl halides is 5. The molecule has 1 fully saturated rings. The Balaban J connectivity index is 1.59. The SMILES string of the molecule is C=CC(=O)N1[C@H](C)CN(c2nc(=O)n3c4c(cc(C(F)(F)F)cc24)[SH](C2=CCC(F)(F)CC2)C[C@@H](c2ccc(F)cc2)C3)C[C@@H]1C. The number of carbonyl (C=O) groups excluding carboxylic acids is 1. The summed E-state index contributed by atoms with van der Waals surface area (Å²) in [5.41, 5.74) is -0.572. The lowest BCUT2D eigenvalue weighted by Crippen LogP contribution is -2.58. The van der Waals surface area contributed by atoms with Crippen molar-refractivity contribution in [1.29, 1.82) is 0 Å². The van der Waals surface area contributed by atoms with E-state index in [1.807, 2.05) is 13.8 Å². The van der Waals surface area contributed by atoms with Crippen LogP contribution >= 0.6 is 10.9 Å². The van der Waals surface area contributed by atoms with E-state index in [4.69, 9.17) is 0 Å². The monoisotopic (exact) mass is 664 g/mol. The van der Waals surface area contributed by atoms with Crippen LogP contribution in [0.25, 0.3) is 10.9 Å². The van der Waals surface area contributed by atoms with E-state index in [0.29, 0.717) is 26.6 Å². The second-order valence-corrected chi connectivity index (χ2v) is 14.7. The molecule has 4 atom stereocenters. The van der Waals surface area contributed by atoms with Crippen LogP contribution < -0.4 is 10.6 Å². The van der Waals surface area contributed by atoms with Gasteiger partial charge in [0, 0.05) is 60.8 Å². The number of halogens is 6. The van der Waals surface area contributed by atoms with Gasteiger partial charge in [0.2, 0.25) is 5.91 Å². The zero-order valence-electron chi connectivity index (χ0n) is 25.3. The summed E-state index contributed by atoms with van der Waals surface area (Å²) in [5.74, 6) is -3.67. The number of aromatic nitrogens is 2. The number of nitrogens with zero attached hydrogens (tertiary/aromatic N) is 4. The first-order valence-corrected chi connectivity index (χ1v) is 16.6. The summed E-state index contributed by atoms with van der Waals surface area (Å²) < 4.78 is 87.5. The molecule has 1 amide bonds. The third-order valence-corrected chi connectivity index (χ3v) is 12.0. The molecule has 3 heterocycles.